The lowest BCUT2D eigenvalue weighted by atomic mass is 10.0. The van der Waals surface area contributed by atoms with Gasteiger partial charge in [-0.1, -0.05) is 0 Å². The fourth-order valence-corrected chi connectivity index (χ4v) is 2.47. The lowest BCUT2D eigenvalue weighted by Gasteiger charge is -2.35. The van der Waals surface area contributed by atoms with Crippen LogP contribution >= 0.6 is 0 Å². The first kappa shape index (κ1) is 17.2. The predicted molar refractivity (Wildman–Crippen MR) is 85.3 cm³/mol. The van der Waals surface area contributed by atoms with Crippen molar-refractivity contribution in [1.29, 1.82) is 0 Å². The average molecular weight is 284 g/mol. The Kier molecular flexibility index (Phi) is 8.62. The normalized spacial score (nSPS) is 18.6. The van der Waals surface area contributed by atoms with Gasteiger partial charge < -0.3 is 20.3 Å². The monoisotopic (exact) mass is 284 g/mol. The summed E-state index contributed by atoms with van der Waals surface area (Å²) in [5.74, 6) is 0.921. The number of guanidine groups is 1. The molecule has 0 aliphatic carbocycles. The van der Waals surface area contributed by atoms with Gasteiger partial charge in [-0.2, -0.15) is 0 Å². The summed E-state index contributed by atoms with van der Waals surface area (Å²) in [7, 11) is 1.83. The van der Waals surface area contributed by atoms with Crippen molar-refractivity contribution in [1.82, 2.24) is 15.5 Å². The minimum absolute atomic E-state index is 0.545. The zero-order valence-electron chi connectivity index (χ0n) is 13.6. The molecule has 118 valence electrons. The molecule has 0 saturated carbocycles. The van der Waals surface area contributed by atoms with Crippen molar-refractivity contribution < 1.29 is 4.74 Å². The van der Waals surface area contributed by atoms with E-state index in [0.717, 1.165) is 32.1 Å². The maximum absolute atomic E-state index is 5.33. The van der Waals surface area contributed by atoms with E-state index in [1.807, 2.05) is 14.0 Å². The summed E-state index contributed by atoms with van der Waals surface area (Å²) in [5.41, 5.74) is 0. The molecule has 1 rings (SSSR count). The van der Waals surface area contributed by atoms with Crippen LogP contribution in [-0.4, -0.2) is 62.8 Å². The molecule has 1 saturated heterocycles. The molecule has 5 nitrogen and oxygen atoms in total. The second kappa shape index (κ2) is 10.00. The molecule has 1 heterocycles. The highest BCUT2D eigenvalue weighted by Gasteiger charge is 2.21. The summed E-state index contributed by atoms with van der Waals surface area (Å²) in [5, 5.41) is 6.88. The summed E-state index contributed by atoms with van der Waals surface area (Å²) in [4.78, 5) is 6.83. The topological polar surface area (TPSA) is 48.9 Å². The smallest absolute Gasteiger partial charge is 0.191 e. The molecule has 0 atom stereocenters. The van der Waals surface area contributed by atoms with Crippen LogP contribution in [0.15, 0.2) is 4.99 Å². The van der Waals surface area contributed by atoms with Crippen molar-refractivity contribution in [3.8, 4) is 0 Å². The maximum atomic E-state index is 5.33. The molecular weight excluding hydrogens is 252 g/mol. The van der Waals surface area contributed by atoms with Crippen LogP contribution in [0.4, 0.5) is 0 Å². The first-order chi connectivity index (χ1) is 9.67. The first-order valence-electron chi connectivity index (χ1n) is 7.96. The van der Waals surface area contributed by atoms with Crippen molar-refractivity contribution >= 4 is 5.96 Å². The van der Waals surface area contributed by atoms with Crippen LogP contribution in [0, 0.1) is 0 Å². The van der Waals surface area contributed by atoms with E-state index in [1.54, 1.807) is 0 Å². The van der Waals surface area contributed by atoms with Gasteiger partial charge in [-0.05, 0) is 40.0 Å². The predicted octanol–water partition coefficient (Wildman–Crippen LogP) is 1.45. The van der Waals surface area contributed by atoms with Gasteiger partial charge in [0.1, 0.15) is 0 Å². The number of hydrogen-bond donors (Lipinski definition) is 2. The molecule has 1 aliphatic heterocycles. The number of hydrogen-bond acceptors (Lipinski definition) is 3. The molecule has 0 unspecified atom stereocenters. The molecule has 5 heteroatoms. The van der Waals surface area contributed by atoms with Crippen LogP contribution in [0.5, 0.6) is 0 Å². The molecule has 0 spiro atoms. The van der Waals surface area contributed by atoms with Gasteiger partial charge >= 0.3 is 0 Å². The van der Waals surface area contributed by atoms with Crippen LogP contribution in [0.3, 0.4) is 0 Å². The number of piperidine rings is 1. The molecule has 0 aromatic heterocycles. The summed E-state index contributed by atoms with van der Waals surface area (Å²) in [6.45, 7) is 11.4. The van der Waals surface area contributed by atoms with E-state index in [2.05, 4.69) is 34.4 Å². The molecule has 0 radical (unpaired) electrons. The third-order valence-corrected chi connectivity index (χ3v) is 3.79. The lowest BCUT2D eigenvalue weighted by molar-refractivity contribution is 0.145. The molecule has 2 N–H and O–H groups in total. The molecular formula is C15H32N4O. The molecule has 1 aliphatic rings. The minimum Gasteiger partial charge on any atom is -0.382 e. The average Bonchev–Trinajstić information content (AvgIpc) is 2.46. The molecule has 0 aromatic carbocycles. The molecule has 1 fully saturated rings. The standard InChI is InChI=1S/C15H32N4O/c1-5-20-12-6-9-17-15(16-4)18-14-7-10-19(11-8-14)13(2)3/h13-14H,5-12H2,1-4H3,(H2,16,17,18). The SMILES string of the molecule is CCOCCCNC(=NC)NC1CCN(C(C)C)CC1. The Hall–Kier alpha value is -0.810. The number of aliphatic imine (C=N–C) groups is 1. The van der Waals surface area contributed by atoms with Crippen LogP contribution in [-0.2, 0) is 4.74 Å². The molecule has 0 aromatic rings. The van der Waals surface area contributed by atoms with Crippen LogP contribution in [0.1, 0.15) is 40.0 Å². The van der Waals surface area contributed by atoms with E-state index in [0.29, 0.717) is 12.1 Å². The number of nitrogens with one attached hydrogen (secondary N) is 2. The van der Waals surface area contributed by atoms with Crippen molar-refractivity contribution in [2.24, 2.45) is 4.99 Å². The Morgan fingerprint density at radius 2 is 2.05 bits per heavy atom. The van der Waals surface area contributed by atoms with E-state index in [9.17, 15) is 0 Å². The Morgan fingerprint density at radius 1 is 1.35 bits per heavy atom. The second-order valence-electron chi connectivity index (χ2n) is 5.60. The summed E-state index contributed by atoms with van der Waals surface area (Å²) >= 11 is 0. The highest BCUT2D eigenvalue weighted by atomic mass is 16.5. The van der Waals surface area contributed by atoms with Gasteiger partial charge in [0.2, 0.25) is 0 Å². The van der Waals surface area contributed by atoms with Gasteiger partial charge in [0, 0.05) is 52.0 Å². The first-order valence-corrected chi connectivity index (χ1v) is 7.96. The zero-order valence-corrected chi connectivity index (χ0v) is 13.6. The highest BCUT2D eigenvalue weighted by molar-refractivity contribution is 5.79. The number of ether oxygens (including phenoxy) is 1. The second-order valence-corrected chi connectivity index (χ2v) is 5.60. The van der Waals surface area contributed by atoms with Gasteiger partial charge in [-0.15, -0.1) is 0 Å². The largest absolute Gasteiger partial charge is 0.382 e. The lowest BCUT2D eigenvalue weighted by Crippen LogP contribution is -2.50. The third-order valence-electron chi connectivity index (χ3n) is 3.79. The number of nitrogens with zero attached hydrogens (tertiary/aromatic N) is 2. The zero-order chi connectivity index (χ0) is 14.8. The van der Waals surface area contributed by atoms with Crippen LogP contribution < -0.4 is 10.6 Å². The van der Waals surface area contributed by atoms with Gasteiger partial charge in [-0.3, -0.25) is 4.99 Å². The van der Waals surface area contributed by atoms with Crippen molar-refractivity contribution in [3.05, 3.63) is 0 Å². The van der Waals surface area contributed by atoms with Crippen molar-refractivity contribution in [2.75, 3.05) is 39.9 Å². The quantitative estimate of drug-likeness (QED) is 0.422. The third kappa shape index (κ3) is 6.57. The van der Waals surface area contributed by atoms with Crippen molar-refractivity contribution in [2.45, 2.75) is 52.1 Å². The fourth-order valence-electron chi connectivity index (χ4n) is 2.47. The van der Waals surface area contributed by atoms with E-state index in [1.165, 1.54) is 25.9 Å². The highest BCUT2D eigenvalue weighted by Crippen LogP contribution is 2.12. The van der Waals surface area contributed by atoms with E-state index < -0.39 is 0 Å². The maximum Gasteiger partial charge on any atom is 0.191 e. The Labute approximate surface area is 124 Å². The van der Waals surface area contributed by atoms with Gasteiger partial charge in [0.05, 0.1) is 0 Å². The van der Waals surface area contributed by atoms with Crippen LogP contribution in [0.25, 0.3) is 0 Å². The van der Waals surface area contributed by atoms with Gasteiger partial charge in [-0.25, -0.2) is 0 Å². The fraction of sp³-hybridized carbons (Fsp3) is 0.933. The molecule has 0 amide bonds. The van der Waals surface area contributed by atoms with E-state index >= 15 is 0 Å². The van der Waals surface area contributed by atoms with E-state index in [-0.39, 0.29) is 0 Å². The molecule has 20 heavy (non-hydrogen) atoms. The summed E-state index contributed by atoms with van der Waals surface area (Å²) in [6.07, 6.45) is 3.40. The van der Waals surface area contributed by atoms with E-state index in [4.69, 9.17) is 4.74 Å². The van der Waals surface area contributed by atoms with Gasteiger partial charge in [0.25, 0.3) is 0 Å². The van der Waals surface area contributed by atoms with Crippen molar-refractivity contribution in [3.63, 3.8) is 0 Å². The van der Waals surface area contributed by atoms with Gasteiger partial charge in [0.15, 0.2) is 5.96 Å². The number of likely N-dealkylation sites (tertiary alicyclic amines) is 1. The van der Waals surface area contributed by atoms with Crippen LogP contribution in [0.2, 0.25) is 0 Å². The Balaban J connectivity index is 2.18. The summed E-state index contributed by atoms with van der Waals surface area (Å²) in [6, 6.07) is 1.20. The number of rotatable bonds is 7. The summed E-state index contributed by atoms with van der Waals surface area (Å²) < 4.78 is 5.33. The molecule has 0 bridgehead atoms. The minimum atomic E-state index is 0.545. The Bertz CT molecular complexity index is 273. The Morgan fingerprint density at radius 3 is 2.60 bits per heavy atom.